The van der Waals surface area contributed by atoms with Crippen LogP contribution in [0.4, 0.5) is 4.39 Å². The van der Waals surface area contributed by atoms with Crippen molar-refractivity contribution in [3.63, 3.8) is 0 Å². The van der Waals surface area contributed by atoms with E-state index < -0.39 is 0 Å². The average Bonchev–Trinajstić information content (AvgIpc) is 2.66. The molecule has 0 amide bonds. The lowest BCUT2D eigenvalue weighted by Gasteiger charge is -2.06. The molecule has 1 aromatic carbocycles. The molecule has 1 aromatic heterocycles. The van der Waals surface area contributed by atoms with Crippen LogP contribution in [0.1, 0.15) is 11.3 Å². The number of nitrogens with one attached hydrogen (secondary N) is 1. The molecular weight excluding hydrogens is 221 g/mol. The molecule has 3 rings (SSSR count). The zero-order valence-corrected chi connectivity index (χ0v) is 8.83. The molecule has 0 fully saturated rings. The van der Waals surface area contributed by atoms with Crippen molar-refractivity contribution in [1.29, 1.82) is 5.26 Å². The third-order valence-electron chi connectivity index (χ3n) is 2.79. The number of fused-ring (bicyclic) bond motifs is 3. The summed E-state index contributed by atoms with van der Waals surface area (Å²) in [5, 5.41) is 15.6. The van der Waals surface area contributed by atoms with Crippen LogP contribution in [-0.4, -0.2) is 16.8 Å². The SMILES string of the molecule is N#Cc1n[nH]c2c1CCOc1ccc(F)cc1-2. The van der Waals surface area contributed by atoms with E-state index in [0.717, 1.165) is 5.56 Å². The molecule has 2 aromatic rings. The topological polar surface area (TPSA) is 61.7 Å². The van der Waals surface area contributed by atoms with E-state index in [1.54, 1.807) is 6.07 Å². The van der Waals surface area contributed by atoms with Crippen molar-refractivity contribution in [1.82, 2.24) is 10.2 Å². The van der Waals surface area contributed by atoms with Crippen molar-refractivity contribution in [3.8, 4) is 23.1 Å². The molecule has 1 aliphatic rings. The maximum Gasteiger partial charge on any atom is 0.166 e. The number of nitrogens with zero attached hydrogens (tertiary/aromatic N) is 2. The van der Waals surface area contributed by atoms with E-state index in [9.17, 15) is 4.39 Å². The monoisotopic (exact) mass is 229 g/mol. The van der Waals surface area contributed by atoms with Crippen molar-refractivity contribution in [3.05, 3.63) is 35.3 Å². The molecule has 84 valence electrons. The molecule has 0 atom stereocenters. The van der Waals surface area contributed by atoms with Gasteiger partial charge in [-0.05, 0) is 18.2 Å². The molecule has 0 bridgehead atoms. The number of aromatic amines is 1. The number of ether oxygens (including phenoxy) is 1. The minimum absolute atomic E-state index is 0.340. The van der Waals surface area contributed by atoms with E-state index in [-0.39, 0.29) is 5.82 Å². The quantitative estimate of drug-likeness (QED) is 0.751. The molecule has 2 heterocycles. The first-order valence-electron chi connectivity index (χ1n) is 5.19. The predicted molar refractivity (Wildman–Crippen MR) is 57.9 cm³/mol. The first-order chi connectivity index (χ1) is 8.29. The molecule has 5 heteroatoms. The molecule has 17 heavy (non-hydrogen) atoms. The van der Waals surface area contributed by atoms with Gasteiger partial charge in [-0.25, -0.2) is 4.39 Å². The van der Waals surface area contributed by atoms with Crippen molar-refractivity contribution >= 4 is 0 Å². The van der Waals surface area contributed by atoms with Gasteiger partial charge in [-0.2, -0.15) is 10.4 Å². The number of halogens is 1. The largest absolute Gasteiger partial charge is 0.493 e. The molecule has 1 N–H and O–H groups in total. The normalized spacial score (nSPS) is 12.9. The highest BCUT2D eigenvalue weighted by Gasteiger charge is 2.21. The van der Waals surface area contributed by atoms with Gasteiger partial charge in [0.25, 0.3) is 0 Å². The third-order valence-corrected chi connectivity index (χ3v) is 2.79. The summed E-state index contributed by atoms with van der Waals surface area (Å²) in [5.74, 6) is 0.270. The van der Waals surface area contributed by atoms with Crippen molar-refractivity contribution in [2.75, 3.05) is 6.61 Å². The predicted octanol–water partition coefficient (Wildman–Crippen LogP) is 2.02. The lowest BCUT2D eigenvalue weighted by atomic mass is 10.0. The smallest absolute Gasteiger partial charge is 0.166 e. The molecule has 0 radical (unpaired) electrons. The fraction of sp³-hybridized carbons (Fsp3) is 0.167. The van der Waals surface area contributed by atoms with Crippen molar-refractivity contribution in [2.24, 2.45) is 0 Å². The van der Waals surface area contributed by atoms with Gasteiger partial charge in [0.15, 0.2) is 5.69 Å². The van der Waals surface area contributed by atoms with Crippen LogP contribution in [0.3, 0.4) is 0 Å². The van der Waals surface area contributed by atoms with Gasteiger partial charge in [-0.1, -0.05) is 0 Å². The molecule has 0 saturated heterocycles. The average molecular weight is 229 g/mol. The highest BCUT2D eigenvalue weighted by molar-refractivity contribution is 5.72. The van der Waals surface area contributed by atoms with Gasteiger partial charge in [-0.15, -0.1) is 0 Å². The van der Waals surface area contributed by atoms with E-state index in [2.05, 4.69) is 10.2 Å². The van der Waals surface area contributed by atoms with Crippen LogP contribution in [0.15, 0.2) is 18.2 Å². The summed E-state index contributed by atoms with van der Waals surface area (Å²) in [4.78, 5) is 0. The lowest BCUT2D eigenvalue weighted by Crippen LogP contribution is -1.99. The fourth-order valence-electron chi connectivity index (χ4n) is 2.01. The van der Waals surface area contributed by atoms with E-state index in [1.165, 1.54) is 12.1 Å². The Morgan fingerprint density at radius 3 is 3.18 bits per heavy atom. The van der Waals surface area contributed by atoms with Crippen LogP contribution in [0, 0.1) is 17.1 Å². The van der Waals surface area contributed by atoms with Crippen LogP contribution in [0.2, 0.25) is 0 Å². The summed E-state index contributed by atoms with van der Waals surface area (Å²) in [5.41, 5.74) is 2.43. The minimum Gasteiger partial charge on any atom is -0.493 e. The molecule has 0 aliphatic carbocycles. The van der Waals surface area contributed by atoms with Gasteiger partial charge in [0, 0.05) is 17.5 Å². The van der Waals surface area contributed by atoms with Gasteiger partial charge in [0.2, 0.25) is 0 Å². The minimum atomic E-state index is -0.340. The number of benzene rings is 1. The first-order valence-corrected chi connectivity index (χ1v) is 5.19. The second-order valence-electron chi connectivity index (χ2n) is 3.78. The maximum absolute atomic E-state index is 13.3. The second-order valence-corrected chi connectivity index (χ2v) is 3.78. The van der Waals surface area contributed by atoms with Crippen molar-refractivity contribution in [2.45, 2.75) is 6.42 Å². The molecule has 1 aliphatic heterocycles. The van der Waals surface area contributed by atoms with E-state index in [0.29, 0.717) is 35.7 Å². The molecule has 4 nitrogen and oxygen atoms in total. The highest BCUT2D eigenvalue weighted by Crippen LogP contribution is 2.35. The van der Waals surface area contributed by atoms with Crippen LogP contribution in [0.5, 0.6) is 5.75 Å². The number of hydrogen-bond acceptors (Lipinski definition) is 3. The Hall–Kier alpha value is -2.35. The lowest BCUT2D eigenvalue weighted by molar-refractivity contribution is 0.326. The van der Waals surface area contributed by atoms with Gasteiger partial charge in [0.05, 0.1) is 12.3 Å². The first kappa shape index (κ1) is 9.85. The van der Waals surface area contributed by atoms with Crippen LogP contribution < -0.4 is 4.74 Å². The number of H-pyrrole nitrogens is 1. The van der Waals surface area contributed by atoms with Gasteiger partial charge in [-0.3, -0.25) is 5.10 Å². The summed E-state index contributed by atoms with van der Waals surface area (Å²) in [6, 6.07) is 6.35. The second kappa shape index (κ2) is 3.59. The summed E-state index contributed by atoms with van der Waals surface area (Å²) in [6.45, 7) is 0.458. The molecular formula is C12H8FN3O. The van der Waals surface area contributed by atoms with E-state index in [4.69, 9.17) is 10.00 Å². The zero-order chi connectivity index (χ0) is 11.8. The Morgan fingerprint density at radius 1 is 1.47 bits per heavy atom. The Balaban J connectivity index is 2.27. The van der Waals surface area contributed by atoms with Gasteiger partial charge < -0.3 is 4.74 Å². The summed E-state index contributed by atoms with van der Waals surface area (Å²) < 4.78 is 18.8. The standard InChI is InChI=1S/C12H8FN3O/c13-7-1-2-11-9(5-7)12-8(3-4-17-11)10(6-14)15-16-12/h1-2,5H,3-4H2,(H,15,16). The summed E-state index contributed by atoms with van der Waals surface area (Å²) in [7, 11) is 0. The highest BCUT2D eigenvalue weighted by atomic mass is 19.1. The van der Waals surface area contributed by atoms with Crippen LogP contribution in [-0.2, 0) is 6.42 Å². The Bertz CT molecular complexity index is 627. The molecule has 0 saturated carbocycles. The number of aromatic nitrogens is 2. The number of hydrogen-bond donors (Lipinski definition) is 1. The molecule has 0 unspecified atom stereocenters. The summed E-state index contributed by atoms with van der Waals surface area (Å²) in [6.07, 6.45) is 0.588. The maximum atomic E-state index is 13.3. The number of rotatable bonds is 0. The fourth-order valence-corrected chi connectivity index (χ4v) is 2.01. The zero-order valence-electron chi connectivity index (χ0n) is 8.83. The van der Waals surface area contributed by atoms with Gasteiger partial charge in [0.1, 0.15) is 17.6 Å². The Labute approximate surface area is 96.6 Å². The molecule has 0 spiro atoms. The third kappa shape index (κ3) is 1.46. The van der Waals surface area contributed by atoms with Crippen LogP contribution in [0.25, 0.3) is 11.3 Å². The Kier molecular flexibility index (Phi) is 2.08. The van der Waals surface area contributed by atoms with Gasteiger partial charge >= 0.3 is 0 Å². The van der Waals surface area contributed by atoms with E-state index in [1.807, 2.05) is 6.07 Å². The van der Waals surface area contributed by atoms with Crippen molar-refractivity contribution < 1.29 is 9.13 Å². The number of nitriles is 1. The van der Waals surface area contributed by atoms with Crippen LogP contribution >= 0.6 is 0 Å². The Morgan fingerprint density at radius 2 is 2.35 bits per heavy atom. The summed E-state index contributed by atoms with van der Waals surface area (Å²) >= 11 is 0. The van der Waals surface area contributed by atoms with E-state index >= 15 is 0 Å².